The van der Waals surface area contributed by atoms with E-state index in [1.165, 1.54) is 31.2 Å². The number of thioether (sulfide) groups is 1. The van der Waals surface area contributed by atoms with Gasteiger partial charge >= 0.3 is 0 Å². The van der Waals surface area contributed by atoms with Crippen molar-refractivity contribution in [3.8, 4) is 0 Å². The molecule has 120 valence electrons. The number of rotatable bonds is 5. The molecule has 0 aromatic heterocycles. The third kappa shape index (κ3) is 5.37. The summed E-state index contributed by atoms with van der Waals surface area (Å²) in [6, 6.07) is 12.6. The van der Waals surface area contributed by atoms with Gasteiger partial charge in [0.25, 0.3) is 11.7 Å². The van der Waals surface area contributed by atoms with Crippen LogP contribution < -0.4 is 10.6 Å². The highest BCUT2D eigenvalue weighted by molar-refractivity contribution is 7.99. The van der Waals surface area contributed by atoms with Gasteiger partial charge in [0.1, 0.15) is 0 Å². The summed E-state index contributed by atoms with van der Waals surface area (Å²) in [4.78, 5) is 23.4. The maximum absolute atomic E-state index is 12.2. The average molecular weight is 336 g/mol. The van der Waals surface area contributed by atoms with E-state index in [1.807, 2.05) is 0 Å². The van der Waals surface area contributed by atoms with Gasteiger partial charge in [0, 0.05) is 28.8 Å². The number of hydrogen-bond acceptors (Lipinski definition) is 3. The lowest BCUT2D eigenvalue weighted by atomic mass is 10.2. The molecule has 0 saturated heterocycles. The van der Waals surface area contributed by atoms with Gasteiger partial charge in [-0.1, -0.05) is 11.8 Å². The first-order valence-electron chi connectivity index (χ1n) is 6.68. The van der Waals surface area contributed by atoms with E-state index in [9.17, 15) is 18.4 Å². The van der Waals surface area contributed by atoms with Gasteiger partial charge in [-0.3, -0.25) is 9.59 Å². The van der Waals surface area contributed by atoms with E-state index in [2.05, 4.69) is 10.6 Å². The highest BCUT2D eigenvalue weighted by Crippen LogP contribution is 2.25. The second kappa shape index (κ2) is 7.73. The van der Waals surface area contributed by atoms with Crippen molar-refractivity contribution in [2.45, 2.75) is 17.6 Å². The van der Waals surface area contributed by atoms with E-state index < -0.39 is 5.76 Å². The molecule has 0 unspecified atom stereocenters. The van der Waals surface area contributed by atoms with E-state index >= 15 is 0 Å². The number of nitrogens with one attached hydrogen (secondary N) is 2. The van der Waals surface area contributed by atoms with Crippen LogP contribution in [0.3, 0.4) is 0 Å². The molecule has 0 spiro atoms. The molecule has 0 saturated carbocycles. The van der Waals surface area contributed by atoms with Crippen LogP contribution in [-0.4, -0.2) is 17.6 Å². The van der Waals surface area contributed by atoms with Crippen molar-refractivity contribution in [3.05, 3.63) is 54.1 Å². The predicted octanol–water partition coefficient (Wildman–Crippen LogP) is 4.21. The van der Waals surface area contributed by atoms with Crippen molar-refractivity contribution in [2.75, 3.05) is 10.6 Å². The first-order chi connectivity index (χ1) is 10.9. The minimum atomic E-state index is -2.49. The molecule has 0 aliphatic rings. The van der Waals surface area contributed by atoms with Crippen LogP contribution in [-0.2, 0) is 4.79 Å². The second-order valence-electron chi connectivity index (χ2n) is 4.62. The van der Waals surface area contributed by atoms with Crippen LogP contribution in [0.2, 0.25) is 0 Å². The van der Waals surface area contributed by atoms with Gasteiger partial charge in [-0.15, -0.1) is 0 Å². The third-order valence-electron chi connectivity index (χ3n) is 2.80. The maximum Gasteiger partial charge on any atom is 0.288 e. The standard InChI is InChI=1S/C16H14F2N2O2S/c1-10(21)19-12-4-6-13(7-5-12)20-15(22)11-2-8-14(9-3-11)23-16(17)18/h2-9,16H,1H3,(H,19,21)(H,20,22). The summed E-state index contributed by atoms with van der Waals surface area (Å²) in [6.45, 7) is 1.41. The third-order valence-corrected chi connectivity index (χ3v) is 3.53. The average Bonchev–Trinajstić information content (AvgIpc) is 2.49. The lowest BCUT2D eigenvalue weighted by Gasteiger charge is -2.07. The van der Waals surface area contributed by atoms with Crippen LogP contribution in [0.15, 0.2) is 53.4 Å². The summed E-state index contributed by atoms with van der Waals surface area (Å²) in [5.41, 5.74) is 1.56. The van der Waals surface area contributed by atoms with Crippen molar-refractivity contribution in [1.82, 2.24) is 0 Å². The van der Waals surface area contributed by atoms with E-state index in [0.717, 1.165) is 0 Å². The first kappa shape index (κ1) is 17.0. The van der Waals surface area contributed by atoms with E-state index in [-0.39, 0.29) is 11.8 Å². The topological polar surface area (TPSA) is 58.2 Å². The molecule has 2 N–H and O–H groups in total. The van der Waals surface area contributed by atoms with Gasteiger partial charge in [0.05, 0.1) is 0 Å². The molecule has 2 aromatic carbocycles. The van der Waals surface area contributed by atoms with Crippen LogP contribution in [0.5, 0.6) is 0 Å². The summed E-state index contributed by atoms with van der Waals surface area (Å²) >= 11 is 0.430. The molecule has 0 bridgehead atoms. The Balaban J connectivity index is 1.99. The Morgan fingerprint density at radius 3 is 1.91 bits per heavy atom. The maximum atomic E-state index is 12.2. The van der Waals surface area contributed by atoms with Gasteiger partial charge in [-0.05, 0) is 48.5 Å². The van der Waals surface area contributed by atoms with Gasteiger partial charge in [-0.25, -0.2) is 0 Å². The molecule has 2 amide bonds. The predicted molar refractivity (Wildman–Crippen MR) is 87.0 cm³/mol. The summed E-state index contributed by atoms with van der Waals surface area (Å²) in [7, 11) is 0. The highest BCUT2D eigenvalue weighted by Gasteiger charge is 2.09. The van der Waals surface area contributed by atoms with Crippen LogP contribution in [0.1, 0.15) is 17.3 Å². The number of anilines is 2. The molecule has 0 heterocycles. The molecule has 4 nitrogen and oxygen atoms in total. The van der Waals surface area contributed by atoms with Crippen molar-refractivity contribution < 1.29 is 18.4 Å². The first-order valence-corrected chi connectivity index (χ1v) is 7.56. The van der Waals surface area contributed by atoms with Crippen molar-refractivity contribution >= 4 is 35.0 Å². The largest absolute Gasteiger partial charge is 0.326 e. The highest BCUT2D eigenvalue weighted by atomic mass is 32.2. The molecule has 0 atom stereocenters. The Labute approximate surface area is 136 Å². The Kier molecular flexibility index (Phi) is 5.70. The molecular formula is C16H14F2N2O2S. The molecule has 2 rings (SSSR count). The van der Waals surface area contributed by atoms with Crippen LogP contribution in [0.25, 0.3) is 0 Å². The molecule has 0 aliphatic carbocycles. The molecule has 23 heavy (non-hydrogen) atoms. The quantitative estimate of drug-likeness (QED) is 0.804. The lowest BCUT2D eigenvalue weighted by Crippen LogP contribution is -2.12. The summed E-state index contributed by atoms with van der Waals surface area (Å²) in [5.74, 6) is -3.01. The van der Waals surface area contributed by atoms with Crippen molar-refractivity contribution in [3.63, 3.8) is 0 Å². The van der Waals surface area contributed by atoms with E-state index in [4.69, 9.17) is 0 Å². The fraction of sp³-hybridized carbons (Fsp3) is 0.125. The zero-order chi connectivity index (χ0) is 16.8. The number of carbonyl (C=O) groups excluding carboxylic acids is 2. The van der Waals surface area contributed by atoms with Crippen molar-refractivity contribution in [2.24, 2.45) is 0 Å². The van der Waals surface area contributed by atoms with Crippen LogP contribution >= 0.6 is 11.8 Å². The number of alkyl halides is 2. The zero-order valence-corrected chi connectivity index (χ0v) is 13.0. The van der Waals surface area contributed by atoms with Crippen LogP contribution in [0.4, 0.5) is 20.2 Å². The Hall–Kier alpha value is -2.41. The fourth-order valence-corrected chi connectivity index (χ4v) is 2.33. The minimum Gasteiger partial charge on any atom is -0.326 e. The molecular weight excluding hydrogens is 322 g/mol. The molecule has 2 aromatic rings. The van der Waals surface area contributed by atoms with Crippen LogP contribution in [0, 0.1) is 0 Å². The van der Waals surface area contributed by atoms with E-state index in [1.54, 1.807) is 24.3 Å². The van der Waals surface area contributed by atoms with E-state index in [0.29, 0.717) is 33.6 Å². The second-order valence-corrected chi connectivity index (χ2v) is 5.68. The molecule has 0 radical (unpaired) electrons. The number of halogens is 2. The SMILES string of the molecule is CC(=O)Nc1ccc(NC(=O)c2ccc(SC(F)F)cc2)cc1. The molecule has 0 fully saturated rings. The summed E-state index contributed by atoms with van der Waals surface area (Å²) in [5, 5.41) is 5.32. The Morgan fingerprint density at radius 2 is 1.43 bits per heavy atom. The number of hydrogen-bond donors (Lipinski definition) is 2. The number of carbonyl (C=O) groups is 2. The molecule has 0 aliphatic heterocycles. The Morgan fingerprint density at radius 1 is 0.913 bits per heavy atom. The number of amides is 2. The van der Waals surface area contributed by atoms with Gasteiger partial charge in [-0.2, -0.15) is 8.78 Å². The minimum absolute atomic E-state index is 0.177. The normalized spacial score (nSPS) is 10.4. The Bertz CT molecular complexity index is 688. The van der Waals surface area contributed by atoms with Crippen molar-refractivity contribution in [1.29, 1.82) is 0 Å². The lowest BCUT2D eigenvalue weighted by molar-refractivity contribution is -0.114. The van der Waals surface area contributed by atoms with Gasteiger partial charge in [0.15, 0.2) is 0 Å². The monoisotopic (exact) mass is 336 g/mol. The smallest absolute Gasteiger partial charge is 0.288 e. The van der Waals surface area contributed by atoms with Gasteiger partial charge in [0.2, 0.25) is 5.91 Å². The summed E-state index contributed by atoms with van der Waals surface area (Å²) < 4.78 is 24.5. The molecule has 7 heteroatoms. The summed E-state index contributed by atoms with van der Waals surface area (Å²) in [6.07, 6.45) is 0. The van der Waals surface area contributed by atoms with Gasteiger partial charge < -0.3 is 10.6 Å². The fourth-order valence-electron chi connectivity index (χ4n) is 1.83. The zero-order valence-electron chi connectivity index (χ0n) is 12.2. The number of benzene rings is 2.